The van der Waals surface area contributed by atoms with Crippen LogP contribution in [0.15, 0.2) is 36.5 Å². The molecule has 3 nitrogen and oxygen atoms in total. The minimum atomic E-state index is 0.994. The molecule has 86 valence electrons. The van der Waals surface area contributed by atoms with Crippen molar-refractivity contribution in [2.24, 2.45) is 0 Å². The Morgan fingerprint density at radius 1 is 1.18 bits per heavy atom. The lowest BCUT2D eigenvalue weighted by atomic mass is 10.3. The summed E-state index contributed by atoms with van der Waals surface area (Å²) < 4.78 is 3.34. The van der Waals surface area contributed by atoms with Crippen molar-refractivity contribution < 1.29 is 0 Å². The fourth-order valence-corrected chi connectivity index (χ4v) is 2.43. The molecule has 3 rings (SSSR count). The van der Waals surface area contributed by atoms with E-state index in [0.717, 1.165) is 16.7 Å². The normalized spacial score (nSPS) is 11.2. The van der Waals surface area contributed by atoms with Crippen LogP contribution in [0.25, 0.3) is 16.7 Å². The Hall–Kier alpha value is -1.30. The van der Waals surface area contributed by atoms with E-state index in [9.17, 15) is 0 Å². The molecule has 0 aliphatic rings. The second-order valence-electron chi connectivity index (χ2n) is 4.25. The van der Waals surface area contributed by atoms with Gasteiger partial charge in [-0.15, -0.1) is 0 Å². The van der Waals surface area contributed by atoms with E-state index in [2.05, 4.69) is 73.4 Å². The number of imidazole rings is 1. The third-order valence-electron chi connectivity index (χ3n) is 2.87. The summed E-state index contributed by atoms with van der Waals surface area (Å²) in [5.74, 6) is 0. The summed E-state index contributed by atoms with van der Waals surface area (Å²) in [5.41, 5.74) is 4.37. The van der Waals surface area contributed by atoms with Crippen molar-refractivity contribution >= 4 is 45.0 Å². The van der Waals surface area contributed by atoms with E-state index >= 15 is 0 Å². The highest BCUT2D eigenvalue weighted by atomic mass is 127. The van der Waals surface area contributed by atoms with E-state index in [1.54, 1.807) is 0 Å². The standard InChI is InChI=1S/C13H12IN3/c1-16(2)10-5-6-17-12-4-3-9(14)7-11(12)15-13(17)8-10/h3-8H,1-2H3. The summed E-state index contributed by atoms with van der Waals surface area (Å²) >= 11 is 2.31. The molecular weight excluding hydrogens is 325 g/mol. The number of nitrogens with zero attached hydrogens (tertiary/aromatic N) is 3. The highest BCUT2D eigenvalue weighted by Gasteiger charge is 2.05. The van der Waals surface area contributed by atoms with Gasteiger partial charge in [-0.3, -0.25) is 4.40 Å². The lowest BCUT2D eigenvalue weighted by molar-refractivity contribution is 1.11. The van der Waals surface area contributed by atoms with Gasteiger partial charge in [-0.2, -0.15) is 0 Å². The summed E-state index contributed by atoms with van der Waals surface area (Å²) in [7, 11) is 4.08. The topological polar surface area (TPSA) is 20.5 Å². The van der Waals surface area contributed by atoms with Crippen molar-refractivity contribution in [3.63, 3.8) is 0 Å². The van der Waals surface area contributed by atoms with E-state index in [-0.39, 0.29) is 0 Å². The van der Waals surface area contributed by atoms with Gasteiger partial charge in [0.05, 0.1) is 11.0 Å². The van der Waals surface area contributed by atoms with Crippen molar-refractivity contribution in [3.8, 4) is 0 Å². The van der Waals surface area contributed by atoms with Crippen LogP contribution in [0.2, 0.25) is 0 Å². The van der Waals surface area contributed by atoms with E-state index in [1.165, 1.54) is 9.26 Å². The van der Waals surface area contributed by atoms with Crippen molar-refractivity contribution in [3.05, 3.63) is 40.1 Å². The molecule has 0 atom stereocenters. The van der Waals surface area contributed by atoms with E-state index < -0.39 is 0 Å². The number of hydrogen-bond donors (Lipinski definition) is 0. The predicted molar refractivity (Wildman–Crippen MR) is 79.7 cm³/mol. The Balaban J connectivity index is 2.35. The highest BCUT2D eigenvalue weighted by Crippen LogP contribution is 2.21. The third kappa shape index (κ3) is 1.76. The summed E-state index contributed by atoms with van der Waals surface area (Å²) in [4.78, 5) is 6.74. The predicted octanol–water partition coefficient (Wildman–Crippen LogP) is 3.16. The number of fused-ring (bicyclic) bond motifs is 3. The number of aromatic nitrogens is 2. The van der Waals surface area contributed by atoms with Crippen molar-refractivity contribution in [2.45, 2.75) is 0 Å². The molecule has 0 N–H and O–H groups in total. The Bertz CT molecular complexity index is 700. The number of benzene rings is 1. The molecule has 3 aromatic rings. The molecule has 0 saturated heterocycles. The van der Waals surface area contributed by atoms with Gasteiger partial charge in [-0.1, -0.05) is 0 Å². The number of halogens is 1. The average molecular weight is 337 g/mol. The Kier molecular flexibility index (Phi) is 2.47. The minimum Gasteiger partial charge on any atom is -0.378 e. The van der Waals surface area contributed by atoms with Gasteiger partial charge in [-0.05, 0) is 46.9 Å². The van der Waals surface area contributed by atoms with Crippen LogP contribution >= 0.6 is 22.6 Å². The summed E-state index contributed by atoms with van der Waals surface area (Å²) in [6.45, 7) is 0. The van der Waals surface area contributed by atoms with Crippen molar-refractivity contribution in [1.82, 2.24) is 9.38 Å². The quantitative estimate of drug-likeness (QED) is 0.636. The largest absolute Gasteiger partial charge is 0.378 e. The van der Waals surface area contributed by atoms with Crippen molar-refractivity contribution in [2.75, 3.05) is 19.0 Å². The molecule has 0 bridgehead atoms. The lowest BCUT2D eigenvalue weighted by Gasteiger charge is -2.11. The molecule has 0 aliphatic heterocycles. The van der Waals surface area contributed by atoms with E-state index in [0.29, 0.717) is 0 Å². The van der Waals surface area contributed by atoms with Crippen LogP contribution in [0.5, 0.6) is 0 Å². The van der Waals surface area contributed by atoms with Gasteiger partial charge in [0, 0.05) is 35.6 Å². The summed E-state index contributed by atoms with van der Waals surface area (Å²) in [5, 5.41) is 0. The minimum absolute atomic E-state index is 0.994. The Labute approximate surface area is 113 Å². The van der Waals surface area contributed by atoms with E-state index in [1.807, 2.05) is 14.1 Å². The highest BCUT2D eigenvalue weighted by molar-refractivity contribution is 14.1. The maximum Gasteiger partial charge on any atom is 0.139 e. The first-order chi connectivity index (χ1) is 8.15. The SMILES string of the molecule is CN(C)c1ccn2c(c1)nc1cc(I)ccc12. The molecule has 0 fully saturated rings. The van der Waals surface area contributed by atoms with E-state index in [4.69, 9.17) is 0 Å². The van der Waals surface area contributed by atoms with Crippen LogP contribution < -0.4 is 4.90 Å². The average Bonchev–Trinajstić information content (AvgIpc) is 2.64. The molecule has 2 heterocycles. The smallest absolute Gasteiger partial charge is 0.139 e. The maximum absolute atomic E-state index is 4.65. The zero-order valence-electron chi connectivity index (χ0n) is 9.68. The molecule has 0 saturated carbocycles. The van der Waals surface area contributed by atoms with Gasteiger partial charge in [0.2, 0.25) is 0 Å². The van der Waals surface area contributed by atoms with Crippen LogP contribution in [0.3, 0.4) is 0 Å². The Morgan fingerprint density at radius 2 is 2.00 bits per heavy atom. The van der Waals surface area contributed by atoms with Gasteiger partial charge in [0.1, 0.15) is 5.65 Å². The van der Waals surface area contributed by atoms with Gasteiger partial charge >= 0.3 is 0 Å². The zero-order valence-corrected chi connectivity index (χ0v) is 11.8. The van der Waals surface area contributed by atoms with Crippen LogP contribution in [-0.2, 0) is 0 Å². The lowest BCUT2D eigenvalue weighted by Crippen LogP contribution is -2.08. The van der Waals surface area contributed by atoms with Gasteiger partial charge in [0.25, 0.3) is 0 Å². The van der Waals surface area contributed by atoms with Crippen LogP contribution in [0, 0.1) is 3.57 Å². The molecule has 0 unspecified atom stereocenters. The summed E-state index contributed by atoms with van der Waals surface area (Å²) in [6, 6.07) is 10.5. The third-order valence-corrected chi connectivity index (χ3v) is 3.54. The zero-order chi connectivity index (χ0) is 12.0. The van der Waals surface area contributed by atoms with Crippen molar-refractivity contribution in [1.29, 1.82) is 0 Å². The fraction of sp³-hybridized carbons (Fsp3) is 0.154. The Morgan fingerprint density at radius 3 is 2.76 bits per heavy atom. The number of rotatable bonds is 1. The molecule has 1 aromatic carbocycles. The van der Waals surface area contributed by atoms with Gasteiger partial charge < -0.3 is 4.90 Å². The molecule has 0 aliphatic carbocycles. The number of hydrogen-bond acceptors (Lipinski definition) is 2. The number of anilines is 1. The fourth-order valence-electron chi connectivity index (χ4n) is 1.96. The first-order valence-corrected chi connectivity index (χ1v) is 6.48. The number of pyridine rings is 1. The second kappa shape index (κ2) is 3.87. The molecule has 0 radical (unpaired) electrons. The molecule has 2 aromatic heterocycles. The molecule has 0 spiro atoms. The first kappa shape index (κ1) is 10.8. The summed E-state index contributed by atoms with van der Waals surface area (Å²) in [6.07, 6.45) is 2.08. The van der Waals surface area contributed by atoms with Crippen LogP contribution in [0.4, 0.5) is 5.69 Å². The molecular formula is C13H12IN3. The van der Waals surface area contributed by atoms with Crippen LogP contribution in [-0.4, -0.2) is 23.5 Å². The second-order valence-corrected chi connectivity index (χ2v) is 5.50. The van der Waals surface area contributed by atoms with Crippen LogP contribution in [0.1, 0.15) is 0 Å². The maximum atomic E-state index is 4.65. The van der Waals surface area contributed by atoms with Gasteiger partial charge in [-0.25, -0.2) is 4.98 Å². The molecule has 17 heavy (non-hydrogen) atoms. The monoisotopic (exact) mass is 337 g/mol. The first-order valence-electron chi connectivity index (χ1n) is 5.40. The molecule has 4 heteroatoms. The molecule has 0 amide bonds. The van der Waals surface area contributed by atoms with Gasteiger partial charge in [0.15, 0.2) is 0 Å².